The third-order valence-corrected chi connectivity index (χ3v) is 3.86. The highest BCUT2D eigenvalue weighted by Crippen LogP contribution is 2.31. The Morgan fingerprint density at radius 3 is 2.58 bits per heavy atom. The molecule has 3 nitrogen and oxygen atoms in total. The smallest absolute Gasteiger partial charge is 0.198 e. The van der Waals surface area contributed by atoms with Crippen LogP contribution in [0.25, 0.3) is 11.3 Å². The number of piperidine rings is 1. The van der Waals surface area contributed by atoms with E-state index in [1.54, 1.807) is 0 Å². The summed E-state index contributed by atoms with van der Waals surface area (Å²) in [7, 11) is 0. The average molecular weight is 277 g/mol. The number of hydrogen-bond acceptors (Lipinski definition) is 3. The van der Waals surface area contributed by atoms with E-state index in [2.05, 4.69) is 10.3 Å². The van der Waals surface area contributed by atoms with E-state index in [0.29, 0.717) is 5.92 Å². The highest BCUT2D eigenvalue weighted by Gasteiger charge is 2.22. The van der Waals surface area contributed by atoms with Crippen LogP contribution in [0.3, 0.4) is 0 Å². The van der Waals surface area contributed by atoms with Crippen molar-refractivity contribution in [2.75, 3.05) is 13.1 Å². The zero-order chi connectivity index (χ0) is 13.2. The van der Waals surface area contributed by atoms with E-state index in [9.17, 15) is 0 Å². The van der Waals surface area contributed by atoms with Gasteiger partial charge in [-0.1, -0.05) is 11.6 Å². The number of benzene rings is 1. The summed E-state index contributed by atoms with van der Waals surface area (Å²) < 4.78 is 6.00. The van der Waals surface area contributed by atoms with Gasteiger partial charge in [0.05, 0.1) is 5.69 Å². The Morgan fingerprint density at radius 1 is 1.21 bits per heavy atom. The molecule has 0 unspecified atom stereocenters. The molecule has 1 fully saturated rings. The Bertz CT molecular complexity index is 556. The van der Waals surface area contributed by atoms with Gasteiger partial charge < -0.3 is 9.73 Å². The number of aromatic nitrogens is 1. The van der Waals surface area contributed by atoms with Gasteiger partial charge in [-0.05, 0) is 57.1 Å². The molecule has 3 rings (SSSR count). The molecule has 100 valence electrons. The Balaban J connectivity index is 1.90. The molecule has 1 aromatic heterocycles. The van der Waals surface area contributed by atoms with Crippen LogP contribution in [-0.4, -0.2) is 18.1 Å². The molecule has 1 saturated heterocycles. The Hall–Kier alpha value is -1.32. The first-order valence-electron chi connectivity index (χ1n) is 6.68. The number of hydrogen-bond donors (Lipinski definition) is 1. The second kappa shape index (κ2) is 5.35. The van der Waals surface area contributed by atoms with Crippen molar-refractivity contribution in [2.45, 2.75) is 25.7 Å². The molecular formula is C15H17ClN2O. The van der Waals surface area contributed by atoms with Crippen LogP contribution in [0.1, 0.15) is 30.3 Å². The molecule has 0 radical (unpaired) electrons. The van der Waals surface area contributed by atoms with Crippen LogP contribution in [0.5, 0.6) is 0 Å². The number of nitrogens with zero attached hydrogens (tertiary/aromatic N) is 1. The minimum Gasteiger partial charge on any atom is -0.440 e. The molecule has 1 aliphatic heterocycles. The van der Waals surface area contributed by atoms with Crippen LogP contribution >= 0.6 is 11.6 Å². The maximum Gasteiger partial charge on any atom is 0.198 e. The summed E-state index contributed by atoms with van der Waals surface area (Å²) in [6, 6.07) is 7.70. The molecule has 0 aliphatic carbocycles. The predicted octanol–water partition coefficient (Wildman–Crippen LogP) is 3.77. The topological polar surface area (TPSA) is 38.1 Å². The van der Waals surface area contributed by atoms with Gasteiger partial charge in [0.2, 0.25) is 0 Å². The van der Waals surface area contributed by atoms with Crippen molar-refractivity contribution < 1.29 is 4.42 Å². The summed E-state index contributed by atoms with van der Waals surface area (Å²) in [5.41, 5.74) is 1.99. The molecule has 1 aliphatic rings. The van der Waals surface area contributed by atoms with Gasteiger partial charge in [0.1, 0.15) is 0 Å². The number of halogens is 1. The summed E-state index contributed by atoms with van der Waals surface area (Å²) >= 11 is 5.91. The van der Waals surface area contributed by atoms with Crippen molar-refractivity contribution in [3.8, 4) is 11.3 Å². The van der Waals surface area contributed by atoms with Crippen LogP contribution in [0.4, 0.5) is 0 Å². The van der Waals surface area contributed by atoms with Crippen LogP contribution in [0.15, 0.2) is 28.7 Å². The van der Waals surface area contributed by atoms with E-state index >= 15 is 0 Å². The van der Waals surface area contributed by atoms with Gasteiger partial charge in [0.15, 0.2) is 11.7 Å². The predicted molar refractivity (Wildman–Crippen MR) is 76.5 cm³/mol. The van der Waals surface area contributed by atoms with Crippen molar-refractivity contribution in [1.82, 2.24) is 10.3 Å². The highest BCUT2D eigenvalue weighted by atomic mass is 35.5. The molecule has 19 heavy (non-hydrogen) atoms. The van der Waals surface area contributed by atoms with Gasteiger partial charge in [-0.3, -0.25) is 0 Å². The van der Waals surface area contributed by atoms with E-state index < -0.39 is 0 Å². The number of oxazole rings is 1. The summed E-state index contributed by atoms with van der Waals surface area (Å²) in [5.74, 6) is 2.19. The largest absolute Gasteiger partial charge is 0.440 e. The minimum absolute atomic E-state index is 0.445. The van der Waals surface area contributed by atoms with Crippen molar-refractivity contribution in [1.29, 1.82) is 0 Å². The van der Waals surface area contributed by atoms with Crippen LogP contribution < -0.4 is 5.32 Å². The van der Waals surface area contributed by atoms with Gasteiger partial charge in [-0.2, -0.15) is 0 Å². The third-order valence-electron chi connectivity index (χ3n) is 3.61. The van der Waals surface area contributed by atoms with Gasteiger partial charge >= 0.3 is 0 Å². The lowest BCUT2D eigenvalue weighted by Gasteiger charge is -2.19. The maximum absolute atomic E-state index is 6.00. The Kier molecular flexibility index (Phi) is 3.58. The summed E-state index contributed by atoms with van der Waals surface area (Å²) in [6.07, 6.45) is 2.19. The van der Waals surface area contributed by atoms with Gasteiger partial charge in [-0.25, -0.2) is 4.98 Å². The van der Waals surface area contributed by atoms with Crippen molar-refractivity contribution in [2.24, 2.45) is 0 Å². The van der Waals surface area contributed by atoms with Crippen molar-refractivity contribution in [3.05, 3.63) is 40.9 Å². The van der Waals surface area contributed by atoms with Gasteiger partial charge in [0, 0.05) is 16.5 Å². The number of nitrogens with one attached hydrogen (secondary N) is 1. The van der Waals surface area contributed by atoms with E-state index in [4.69, 9.17) is 16.0 Å². The molecule has 1 N–H and O–H groups in total. The lowest BCUT2D eigenvalue weighted by atomic mass is 9.98. The van der Waals surface area contributed by atoms with E-state index in [1.807, 2.05) is 31.2 Å². The van der Waals surface area contributed by atoms with E-state index in [-0.39, 0.29) is 0 Å². The van der Waals surface area contributed by atoms with Crippen molar-refractivity contribution in [3.63, 3.8) is 0 Å². The molecule has 0 spiro atoms. The molecule has 0 bridgehead atoms. The first-order chi connectivity index (χ1) is 9.24. The minimum atomic E-state index is 0.445. The van der Waals surface area contributed by atoms with E-state index in [1.165, 1.54) is 0 Å². The monoisotopic (exact) mass is 276 g/mol. The lowest BCUT2D eigenvalue weighted by Crippen LogP contribution is -2.26. The fourth-order valence-corrected chi connectivity index (χ4v) is 2.66. The number of aryl methyl sites for hydroxylation is 1. The molecule has 1 aromatic carbocycles. The van der Waals surface area contributed by atoms with Crippen molar-refractivity contribution >= 4 is 11.6 Å². The summed E-state index contributed by atoms with van der Waals surface area (Å²) in [5, 5.41) is 4.10. The quantitative estimate of drug-likeness (QED) is 0.907. The average Bonchev–Trinajstić information content (AvgIpc) is 2.83. The standard InChI is InChI=1S/C15H17ClN2O/c1-10-14(11-2-4-13(16)5-3-11)19-15(18-10)12-6-8-17-9-7-12/h2-5,12,17H,6-9H2,1H3. The third kappa shape index (κ3) is 2.67. The first kappa shape index (κ1) is 12.7. The van der Waals surface area contributed by atoms with Crippen LogP contribution in [-0.2, 0) is 0 Å². The van der Waals surface area contributed by atoms with Gasteiger partial charge in [0.25, 0.3) is 0 Å². The fourth-order valence-electron chi connectivity index (χ4n) is 2.53. The molecule has 2 heterocycles. The second-order valence-corrected chi connectivity index (χ2v) is 5.43. The first-order valence-corrected chi connectivity index (χ1v) is 7.06. The fraction of sp³-hybridized carbons (Fsp3) is 0.400. The normalized spacial score (nSPS) is 16.7. The summed E-state index contributed by atoms with van der Waals surface area (Å²) in [6.45, 7) is 4.09. The number of rotatable bonds is 2. The molecule has 4 heteroatoms. The lowest BCUT2D eigenvalue weighted by molar-refractivity contribution is 0.378. The molecular weight excluding hydrogens is 260 g/mol. The maximum atomic E-state index is 6.00. The highest BCUT2D eigenvalue weighted by molar-refractivity contribution is 6.30. The molecule has 0 amide bonds. The van der Waals surface area contributed by atoms with Gasteiger partial charge in [-0.15, -0.1) is 0 Å². The Labute approximate surface area is 118 Å². The SMILES string of the molecule is Cc1nc(C2CCNCC2)oc1-c1ccc(Cl)cc1. The van der Waals surface area contributed by atoms with E-state index in [0.717, 1.165) is 53.9 Å². The van der Waals surface area contributed by atoms with Crippen LogP contribution in [0, 0.1) is 6.92 Å². The molecule has 0 saturated carbocycles. The molecule has 2 aromatic rings. The molecule has 0 atom stereocenters. The zero-order valence-corrected chi connectivity index (χ0v) is 11.7. The zero-order valence-electron chi connectivity index (χ0n) is 10.9. The summed E-state index contributed by atoms with van der Waals surface area (Å²) in [4.78, 5) is 4.61. The van der Waals surface area contributed by atoms with Crippen LogP contribution in [0.2, 0.25) is 5.02 Å². The Morgan fingerprint density at radius 2 is 1.89 bits per heavy atom. The second-order valence-electron chi connectivity index (χ2n) is 5.00.